The van der Waals surface area contributed by atoms with Gasteiger partial charge in [-0.25, -0.2) is 4.79 Å². The Balaban J connectivity index is 0.00000338. The number of halogens is 1. The van der Waals surface area contributed by atoms with E-state index in [1.54, 1.807) is 20.8 Å². The highest BCUT2D eigenvalue weighted by Crippen LogP contribution is 2.22. The number of hydrogen-bond donors (Lipinski definition) is 1. The Labute approximate surface area is 161 Å². The molecule has 2 aromatic rings. The number of hydrogen-bond acceptors (Lipinski definition) is 4. The summed E-state index contributed by atoms with van der Waals surface area (Å²) in [6.45, 7) is 5.65. The fourth-order valence-corrected chi connectivity index (χ4v) is 3.02. The van der Waals surface area contributed by atoms with Crippen molar-refractivity contribution in [1.29, 1.82) is 0 Å². The van der Waals surface area contributed by atoms with Crippen molar-refractivity contribution in [3.05, 3.63) is 58.4 Å². The number of likely N-dealkylation sites (N-methyl/N-ethyl adjacent to an activating group) is 1. The summed E-state index contributed by atoms with van der Waals surface area (Å²) >= 11 is 0. The average molecular weight is 378 g/mol. The zero-order valence-corrected chi connectivity index (χ0v) is 16.7. The van der Waals surface area contributed by atoms with E-state index in [-0.39, 0.29) is 24.2 Å². The van der Waals surface area contributed by atoms with Crippen molar-refractivity contribution in [2.45, 2.75) is 33.2 Å². The number of Topliss-reactive ketones (excluding diaryl/α,β-unsaturated/α-hetero) is 1. The maximum absolute atomic E-state index is 13.1. The summed E-state index contributed by atoms with van der Waals surface area (Å²) in [5, 5.41) is 0. The molecule has 0 aliphatic rings. The molecule has 0 amide bonds. The first-order chi connectivity index (χ1) is 11.9. The lowest BCUT2D eigenvalue weighted by molar-refractivity contribution is -0.0000321. The predicted octanol–water partition coefficient (Wildman–Crippen LogP) is 0.168. The molecule has 1 aromatic heterocycles. The monoisotopic (exact) mass is 377 g/mol. The Morgan fingerprint density at radius 2 is 1.77 bits per heavy atom. The second-order valence-electron chi connectivity index (χ2n) is 6.38. The Kier molecular flexibility index (Phi) is 8.06. The minimum Gasteiger partial charge on any atom is -1.00 e. The zero-order valence-electron chi connectivity index (χ0n) is 15.9. The van der Waals surface area contributed by atoms with Gasteiger partial charge in [0.05, 0.1) is 23.9 Å². The van der Waals surface area contributed by atoms with Gasteiger partial charge in [0.1, 0.15) is 0 Å². The fourth-order valence-electron chi connectivity index (χ4n) is 3.02. The van der Waals surface area contributed by atoms with Crippen LogP contribution in [0.3, 0.4) is 0 Å². The van der Waals surface area contributed by atoms with Crippen LogP contribution >= 0.6 is 0 Å². The maximum atomic E-state index is 13.1. The number of ether oxygens (including phenoxy) is 1. The third-order valence-electron chi connectivity index (χ3n) is 4.36. The van der Waals surface area contributed by atoms with Crippen LogP contribution in [0.5, 0.6) is 0 Å². The first kappa shape index (κ1) is 21.9. The van der Waals surface area contributed by atoms with Crippen molar-refractivity contribution in [3.8, 4) is 0 Å². The molecule has 1 N–H and O–H groups in total. The number of ketones is 1. The van der Waals surface area contributed by atoms with E-state index in [0.717, 1.165) is 5.56 Å². The average Bonchev–Trinajstić information content (AvgIpc) is 2.87. The topological polar surface area (TPSA) is 62.4 Å². The molecule has 0 aliphatic heterocycles. The number of rotatable bonds is 7. The van der Waals surface area contributed by atoms with Crippen LogP contribution in [0.2, 0.25) is 0 Å². The fraction of sp³-hybridized carbons (Fsp3) is 0.400. The Morgan fingerprint density at radius 1 is 1.15 bits per heavy atom. The van der Waals surface area contributed by atoms with E-state index in [1.165, 1.54) is 0 Å². The van der Waals surface area contributed by atoms with Crippen molar-refractivity contribution in [2.24, 2.45) is 0 Å². The van der Waals surface area contributed by atoms with Crippen LogP contribution in [-0.4, -0.2) is 48.4 Å². The Bertz CT molecular complexity index is 754. The Morgan fingerprint density at radius 3 is 2.31 bits per heavy atom. The van der Waals surface area contributed by atoms with Crippen LogP contribution in [0.25, 0.3) is 0 Å². The summed E-state index contributed by atoms with van der Waals surface area (Å²) in [7, 11) is 3.78. The highest BCUT2D eigenvalue weighted by atomic mass is 35.5. The summed E-state index contributed by atoms with van der Waals surface area (Å²) in [5.74, 6) is -0.415. The molecular weight excluding hydrogens is 352 g/mol. The van der Waals surface area contributed by atoms with Gasteiger partial charge in [-0.3, -0.25) is 9.69 Å². The number of nitrogens with one attached hydrogen (secondary N) is 1. The number of aromatic amines is 1. The standard InChI is InChI=1S/C20H26N2O3.ClH/c1-6-25-20(24)17-13(2)18(21-14(17)3)19(23)16(22(4)5)12-15-10-8-7-9-11-15;/h7-11,16,21H,6,12H2,1-5H3;1H/p-1. The van der Waals surface area contributed by atoms with E-state index in [1.807, 2.05) is 49.3 Å². The molecule has 5 nitrogen and oxygen atoms in total. The molecule has 26 heavy (non-hydrogen) atoms. The molecule has 0 bridgehead atoms. The predicted molar refractivity (Wildman–Crippen MR) is 98.2 cm³/mol. The van der Waals surface area contributed by atoms with Crippen molar-refractivity contribution in [1.82, 2.24) is 9.88 Å². The van der Waals surface area contributed by atoms with E-state index in [2.05, 4.69) is 4.98 Å². The molecule has 6 heteroatoms. The molecule has 0 saturated carbocycles. The normalized spacial score (nSPS) is 11.8. The van der Waals surface area contributed by atoms with Gasteiger partial charge in [0, 0.05) is 5.69 Å². The van der Waals surface area contributed by atoms with Crippen molar-refractivity contribution < 1.29 is 26.7 Å². The molecule has 2 rings (SSSR count). The van der Waals surface area contributed by atoms with Crippen LogP contribution in [-0.2, 0) is 11.2 Å². The van der Waals surface area contributed by atoms with Crippen molar-refractivity contribution in [2.75, 3.05) is 20.7 Å². The van der Waals surface area contributed by atoms with Gasteiger partial charge in [-0.05, 0) is 52.4 Å². The minimum atomic E-state index is -0.391. The molecule has 0 radical (unpaired) electrons. The van der Waals surface area contributed by atoms with Crippen LogP contribution in [0.1, 0.15) is 44.6 Å². The third-order valence-corrected chi connectivity index (χ3v) is 4.36. The van der Waals surface area contributed by atoms with Crippen LogP contribution < -0.4 is 12.4 Å². The van der Waals surface area contributed by atoms with Gasteiger partial charge >= 0.3 is 5.97 Å². The molecule has 1 atom stereocenters. The molecule has 1 heterocycles. The number of carbonyl (C=O) groups is 2. The molecule has 1 aromatic carbocycles. The SMILES string of the molecule is CCOC(=O)c1c(C)[nH]c(C(=O)C(Cc2ccccc2)N(C)C)c1C.[Cl-]. The van der Waals surface area contributed by atoms with Gasteiger partial charge < -0.3 is 22.1 Å². The quantitative estimate of drug-likeness (QED) is 0.552. The van der Waals surface area contributed by atoms with Gasteiger partial charge in [-0.2, -0.15) is 0 Å². The van der Waals surface area contributed by atoms with Gasteiger partial charge in [-0.15, -0.1) is 0 Å². The van der Waals surface area contributed by atoms with E-state index in [4.69, 9.17) is 4.74 Å². The van der Waals surface area contributed by atoms with Crippen molar-refractivity contribution >= 4 is 11.8 Å². The molecule has 0 aliphatic carbocycles. The second kappa shape index (κ2) is 9.55. The van der Waals surface area contributed by atoms with Gasteiger partial charge in [0.15, 0.2) is 5.78 Å². The summed E-state index contributed by atoms with van der Waals surface area (Å²) in [6.07, 6.45) is 0.610. The van der Waals surface area contributed by atoms with E-state index >= 15 is 0 Å². The van der Waals surface area contributed by atoms with Crippen LogP contribution in [0, 0.1) is 13.8 Å². The molecular formula is C20H26ClN2O3-. The molecule has 0 fully saturated rings. The van der Waals surface area contributed by atoms with E-state index in [9.17, 15) is 9.59 Å². The largest absolute Gasteiger partial charge is 1.00 e. The number of H-pyrrole nitrogens is 1. The summed E-state index contributed by atoms with van der Waals surface area (Å²) < 4.78 is 5.11. The summed E-state index contributed by atoms with van der Waals surface area (Å²) in [6, 6.07) is 9.61. The van der Waals surface area contributed by atoms with Gasteiger partial charge in [0.2, 0.25) is 0 Å². The number of aromatic nitrogens is 1. The van der Waals surface area contributed by atoms with Crippen LogP contribution in [0.4, 0.5) is 0 Å². The van der Waals surface area contributed by atoms with Gasteiger partial charge in [-0.1, -0.05) is 30.3 Å². The number of benzene rings is 1. The lowest BCUT2D eigenvalue weighted by Crippen LogP contribution is -3.00. The highest BCUT2D eigenvalue weighted by molar-refractivity contribution is 6.04. The molecule has 0 saturated heterocycles. The number of esters is 1. The van der Waals surface area contributed by atoms with Crippen molar-refractivity contribution in [3.63, 3.8) is 0 Å². The zero-order chi connectivity index (χ0) is 18.6. The summed E-state index contributed by atoms with van der Waals surface area (Å²) in [5.41, 5.74) is 3.36. The lowest BCUT2D eigenvalue weighted by atomic mass is 9.97. The lowest BCUT2D eigenvalue weighted by Gasteiger charge is -2.23. The first-order valence-corrected chi connectivity index (χ1v) is 8.47. The molecule has 1 unspecified atom stereocenters. The number of carbonyl (C=O) groups excluding carboxylic acids is 2. The molecule has 142 valence electrons. The molecule has 0 spiro atoms. The smallest absolute Gasteiger partial charge is 0.340 e. The van der Waals surface area contributed by atoms with Gasteiger partial charge in [0.25, 0.3) is 0 Å². The number of nitrogens with zero attached hydrogens (tertiary/aromatic N) is 1. The Hall–Kier alpha value is -2.11. The number of aryl methyl sites for hydroxylation is 1. The van der Waals surface area contributed by atoms with E-state index < -0.39 is 5.97 Å². The first-order valence-electron chi connectivity index (χ1n) is 8.47. The maximum Gasteiger partial charge on any atom is 0.340 e. The van der Waals surface area contributed by atoms with E-state index in [0.29, 0.717) is 35.5 Å². The second-order valence-corrected chi connectivity index (χ2v) is 6.38. The third kappa shape index (κ3) is 4.74. The minimum absolute atomic E-state index is 0. The highest BCUT2D eigenvalue weighted by Gasteiger charge is 2.29. The van der Waals surface area contributed by atoms with Crippen LogP contribution in [0.15, 0.2) is 30.3 Å². The summed E-state index contributed by atoms with van der Waals surface area (Å²) in [4.78, 5) is 30.3.